The first kappa shape index (κ1) is 15.0. The van der Waals surface area contributed by atoms with Crippen molar-refractivity contribution in [3.05, 3.63) is 35.6 Å². The molecule has 20 heavy (non-hydrogen) atoms. The number of halogens is 1. The second kappa shape index (κ2) is 7.39. The van der Waals surface area contributed by atoms with Crippen molar-refractivity contribution in [2.24, 2.45) is 5.92 Å². The minimum atomic E-state index is -0.247. The lowest BCUT2D eigenvalue weighted by Gasteiger charge is -2.32. The van der Waals surface area contributed by atoms with Gasteiger partial charge in [0.05, 0.1) is 0 Å². The van der Waals surface area contributed by atoms with Crippen molar-refractivity contribution in [3.63, 3.8) is 0 Å². The molecule has 2 rings (SSSR count). The highest BCUT2D eigenvalue weighted by Crippen LogP contribution is 2.20. The van der Waals surface area contributed by atoms with E-state index >= 15 is 0 Å². The lowest BCUT2D eigenvalue weighted by molar-refractivity contribution is -0.133. The molecule has 0 bridgehead atoms. The highest BCUT2D eigenvalue weighted by atomic mass is 19.1. The molecule has 1 aromatic rings. The van der Waals surface area contributed by atoms with Gasteiger partial charge in [-0.05, 0) is 49.3 Å². The summed E-state index contributed by atoms with van der Waals surface area (Å²) in [4.78, 5) is 14.1. The molecular weight excluding hydrogens is 257 g/mol. The summed E-state index contributed by atoms with van der Waals surface area (Å²) in [6.07, 6.45) is 4.02. The minimum Gasteiger partial charge on any atom is -0.396 e. The lowest BCUT2D eigenvalue weighted by Crippen LogP contribution is -2.40. The summed E-state index contributed by atoms with van der Waals surface area (Å²) < 4.78 is 12.8. The van der Waals surface area contributed by atoms with Crippen LogP contribution < -0.4 is 0 Å². The molecular formula is C16H22FNO2. The quantitative estimate of drug-likeness (QED) is 0.899. The summed E-state index contributed by atoms with van der Waals surface area (Å²) in [6, 6.07) is 6.32. The number of rotatable bonds is 5. The molecule has 0 aliphatic carbocycles. The Morgan fingerprint density at radius 3 is 2.80 bits per heavy atom. The molecule has 1 aromatic carbocycles. The van der Waals surface area contributed by atoms with Crippen molar-refractivity contribution in [3.8, 4) is 0 Å². The predicted octanol–water partition coefficient (Wildman–Crippen LogP) is 2.38. The Morgan fingerprint density at radius 1 is 1.35 bits per heavy atom. The first-order valence-corrected chi connectivity index (χ1v) is 7.32. The van der Waals surface area contributed by atoms with Gasteiger partial charge >= 0.3 is 0 Å². The number of likely N-dealkylation sites (tertiary alicyclic amines) is 1. The van der Waals surface area contributed by atoms with E-state index in [0.717, 1.165) is 37.9 Å². The molecule has 3 nitrogen and oxygen atoms in total. The van der Waals surface area contributed by atoms with E-state index in [2.05, 4.69) is 0 Å². The average Bonchev–Trinajstić information content (AvgIpc) is 2.47. The molecule has 1 fully saturated rings. The Kier molecular flexibility index (Phi) is 5.53. The second-order valence-electron chi connectivity index (χ2n) is 5.49. The highest BCUT2D eigenvalue weighted by Gasteiger charge is 2.22. The van der Waals surface area contributed by atoms with Gasteiger partial charge in [0.25, 0.3) is 0 Å². The van der Waals surface area contributed by atoms with E-state index < -0.39 is 0 Å². The number of aryl methyl sites for hydroxylation is 1. The fourth-order valence-electron chi connectivity index (χ4n) is 2.77. The third-order valence-electron chi connectivity index (χ3n) is 3.95. The van der Waals surface area contributed by atoms with Gasteiger partial charge in [-0.2, -0.15) is 0 Å². The molecule has 1 N–H and O–H groups in total. The molecule has 1 aliphatic rings. The van der Waals surface area contributed by atoms with Crippen LogP contribution in [0.3, 0.4) is 0 Å². The van der Waals surface area contributed by atoms with Crippen LogP contribution >= 0.6 is 0 Å². The first-order chi connectivity index (χ1) is 9.69. The number of benzene rings is 1. The van der Waals surface area contributed by atoms with Crippen LogP contribution in [0.15, 0.2) is 24.3 Å². The van der Waals surface area contributed by atoms with Gasteiger partial charge < -0.3 is 10.0 Å². The van der Waals surface area contributed by atoms with Crippen LogP contribution in [0.5, 0.6) is 0 Å². The van der Waals surface area contributed by atoms with E-state index in [0.29, 0.717) is 18.8 Å². The van der Waals surface area contributed by atoms with Gasteiger partial charge in [-0.1, -0.05) is 12.1 Å². The van der Waals surface area contributed by atoms with Crippen molar-refractivity contribution in [1.82, 2.24) is 4.90 Å². The summed E-state index contributed by atoms with van der Waals surface area (Å²) in [5.74, 6) is 0.350. The van der Waals surface area contributed by atoms with E-state index in [1.165, 1.54) is 12.1 Å². The Balaban J connectivity index is 1.80. The van der Waals surface area contributed by atoms with E-state index in [-0.39, 0.29) is 18.3 Å². The third kappa shape index (κ3) is 4.30. The SMILES string of the molecule is O=C(CCc1ccc(F)cc1)N1CCCC(CCO)C1. The number of carbonyl (C=O) groups excluding carboxylic acids is 1. The number of amides is 1. The molecule has 4 heteroatoms. The normalized spacial score (nSPS) is 19.1. The minimum absolute atomic E-state index is 0.164. The van der Waals surface area contributed by atoms with Gasteiger partial charge in [0.1, 0.15) is 5.82 Å². The third-order valence-corrected chi connectivity index (χ3v) is 3.95. The van der Waals surface area contributed by atoms with E-state index in [9.17, 15) is 9.18 Å². The van der Waals surface area contributed by atoms with Gasteiger partial charge in [0, 0.05) is 26.1 Å². The zero-order valence-corrected chi connectivity index (χ0v) is 11.7. The first-order valence-electron chi connectivity index (χ1n) is 7.32. The van der Waals surface area contributed by atoms with Gasteiger partial charge in [-0.3, -0.25) is 4.79 Å². The molecule has 110 valence electrons. The van der Waals surface area contributed by atoms with Crippen LogP contribution in [-0.2, 0) is 11.2 Å². The fourth-order valence-corrected chi connectivity index (χ4v) is 2.77. The van der Waals surface area contributed by atoms with E-state index in [1.807, 2.05) is 4.90 Å². The zero-order valence-electron chi connectivity index (χ0n) is 11.7. The number of carbonyl (C=O) groups is 1. The number of piperidine rings is 1. The summed E-state index contributed by atoms with van der Waals surface area (Å²) in [6.45, 7) is 1.79. The largest absolute Gasteiger partial charge is 0.396 e. The van der Waals surface area contributed by atoms with Gasteiger partial charge in [-0.25, -0.2) is 4.39 Å². The van der Waals surface area contributed by atoms with Crippen LogP contribution in [-0.4, -0.2) is 35.6 Å². The highest BCUT2D eigenvalue weighted by molar-refractivity contribution is 5.76. The number of hydrogen-bond donors (Lipinski definition) is 1. The average molecular weight is 279 g/mol. The second-order valence-corrected chi connectivity index (χ2v) is 5.49. The molecule has 1 amide bonds. The Bertz CT molecular complexity index is 431. The lowest BCUT2D eigenvalue weighted by atomic mass is 9.95. The standard InChI is InChI=1S/C16H22FNO2/c17-15-6-3-13(4-7-15)5-8-16(20)18-10-1-2-14(12-18)9-11-19/h3-4,6-7,14,19H,1-2,5,8-12H2. The summed E-state index contributed by atoms with van der Waals surface area (Å²) in [7, 11) is 0. The van der Waals surface area contributed by atoms with Crippen molar-refractivity contribution in [2.75, 3.05) is 19.7 Å². The molecule has 0 radical (unpaired) electrons. The number of nitrogens with zero attached hydrogens (tertiary/aromatic N) is 1. The predicted molar refractivity (Wildman–Crippen MR) is 75.7 cm³/mol. The monoisotopic (exact) mass is 279 g/mol. The van der Waals surface area contributed by atoms with Gasteiger partial charge in [0.2, 0.25) is 5.91 Å². The van der Waals surface area contributed by atoms with Crippen molar-refractivity contribution < 1.29 is 14.3 Å². The van der Waals surface area contributed by atoms with E-state index in [4.69, 9.17) is 5.11 Å². The molecule has 0 spiro atoms. The van der Waals surface area contributed by atoms with Gasteiger partial charge in [0.15, 0.2) is 0 Å². The fraction of sp³-hybridized carbons (Fsp3) is 0.562. The van der Waals surface area contributed by atoms with Gasteiger partial charge in [-0.15, -0.1) is 0 Å². The molecule has 0 aromatic heterocycles. The van der Waals surface area contributed by atoms with Crippen LogP contribution in [0.2, 0.25) is 0 Å². The van der Waals surface area contributed by atoms with Crippen LogP contribution in [0.25, 0.3) is 0 Å². The maximum Gasteiger partial charge on any atom is 0.222 e. The Hall–Kier alpha value is -1.42. The van der Waals surface area contributed by atoms with E-state index in [1.54, 1.807) is 12.1 Å². The smallest absolute Gasteiger partial charge is 0.222 e. The summed E-state index contributed by atoms with van der Waals surface area (Å²) in [5, 5.41) is 8.98. The molecule has 0 saturated carbocycles. The van der Waals surface area contributed by atoms with Crippen molar-refractivity contribution in [1.29, 1.82) is 0 Å². The maximum atomic E-state index is 12.8. The number of hydrogen-bond acceptors (Lipinski definition) is 2. The number of aliphatic hydroxyl groups excluding tert-OH is 1. The van der Waals surface area contributed by atoms with Crippen LogP contribution in [0, 0.1) is 11.7 Å². The molecule has 1 saturated heterocycles. The van der Waals surface area contributed by atoms with Crippen molar-refractivity contribution in [2.45, 2.75) is 32.1 Å². The summed E-state index contributed by atoms with van der Waals surface area (Å²) in [5.41, 5.74) is 0.990. The molecule has 1 aliphatic heterocycles. The van der Waals surface area contributed by atoms with Crippen LogP contribution in [0.4, 0.5) is 4.39 Å². The summed E-state index contributed by atoms with van der Waals surface area (Å²) >= 11 is 0. The molecule has 1 unspecified atom stereocenters. The Morgan fingerprint density at radius 2 is 2.10 bits per heavy atom. The maximum absolute atomic E-state index is 12.8. The zero-order chi connectivity index (χ0) is 14.4. The van der Waals surface area contributed by atoms with Crippen LogP contribution in [0.1, 0.15) is 31.2 Å². The number of aliphatic hydroxyl groups is 1. The molecule has 1 atom stereocenters. The molecule has 1 heterocycles. The Labute approximate surface area is 119 Å². The van der Waals surface area contributed by atoms with Crippen molar-refractivity contribution >= 4 is 5.91 Å². The topological polar surface area (TPSA) is 40.5 Å².